The van der Waals surface area contributed by atoms with Crippen molar-refractivity contribution in [2.24, 2.45) is 0 Å². The molecular formula is C14H19NO3. The van der Waals surface area contributed by atoms with Gasteiger partial charge < -0.3 is 14.4 Å². The average Bonchev–Trinajstić information content (AvgIpc) is 2.51. The van der Waals surface area contributed by atoms with Gasteiger partial charge in [-0.1, -0.05) is 30.3 Å². The third-order valence-corrected chi connectivity index (χ3v) is 3.47. The molecule has 98 valence electrons. The molecule has 0 N–H and O–H groups in total. The molecule has 18 heavy (non-hydrogen) atoms. The van der Waals surface area contributed by atoms with Crippen molar-refractivity contribution in [3.8, 4) is 0 Å². The SMILES string of the molecule is CO[C@@H]1CC(=O)N(C)[C@@H](C)[C@H](c2ccccc2)O1. The van der Waals surface area contributed by atoms with E-state index in [1.54, 1.807) is 12.0 Å². The molecule has 1 amide bonds. The number of benzene rings is 1. The van der Waals surface area contributed by atoms with Gasteiger partial charge in [0.25, 0.3) is 0 Å². The van der Waals surface area contributed by atoms with E-state index in [-0.39, 0.29) is 24.5 Å². The van der Waals surface area contributed by atoms with Crippen LogP contribution < -0.4 is 0 Å². The van der Waals surface area contributed by atoms with Crippen molar-refractivity contribution in [2.75, 3.05) is 14.2 Å². The third-order valence-electron chi connectivity index (χ3n) is 3.47. The Balaban J connectivity index is 2.29. The summed E-state index contributed by atoms with van der Waals surface area (Å²) in [7, 11) is 3.38. The summed E-state index contributed by atoms with van der Waals surface area (Å²) in [5.74, 6) is 0.0489. The second kappa shape index (κ2) is 5.50. The molecular weight excluding hydrogens is 230 g/mol. The normalized spacial score (nSPS) is 29.2. The second-order valence-electron chi connectivity index (χ2n) is 4.58. The van der Waals surface area contributed by atoms with E-state index in [2.05, 4.69) is 0 Å². The van der Waals surface area contributed by atoms with Gasteiger partial charge in [-0.3, -0.25) is 4.79 Å². The molecule has 1 aromatic rings. The first-order valence-electron chi connectivity index (χ1n) is 6.12. The summed E-state index contributed by atoms with van der Waals surface area (Å²) in [6.45, 7) is 1.99. The number of methoxy groups -OCH3 is 1. The standard InChI is InChI=1S/C14H19NO3/c1-10-14(11-7-5-4-6-8-11)18-13(17-3)9-12(16)15(10)2/h4-8,10,13-14H,9H2,1-3H3/t10-,13-,14+/m0/s1. The Bertz CT molecular complexity index is 407. The number of hydrogen-bond donors (Lipinski definition) is 0. The summed E-state index contributed by atoms with van der Waals surface area (Å²) in [5, 5.41) is 0. The Morgan fingerprint density at radius 2 is 2.00 bits per heavy atom. The van der Waals surface area contributed by atoms with Crippen molar-refractivity contribution in [1.82, 2.24) is 4.90 Å². The van der Waals surface area contributed by atoms with E-state index in [9.17, 15) is 4.79 Å². The zero-order valence-electron chi connectivity index (χ0n) is 11.0. The van der Waals surface area contributed by atoms with Gasteiger partial charge in [-0.15, -0.1) is 0 Å². The Hall–Kier alpha value is -1.39. The maximum absolute atomic E-state index is 11.9. The highest BCUT2D eigenvalue weighted by molar-refractivity contribution is 5.76. The van der Waals surface area contributed by atoms with Crippen molar-refractivity contribution in [3.05, 3.63) is 35.9 Å². The lowest BCUT2D eigenvalue weighted by molar-refractivity contribution is -0.160. The number of carbonyl (C=O) groups is 1. The molecule has 0 radical (unpaired) electrons. The van der Waals surface area contributed by atoms with Crippen LogP contribution in [0, 0.1) is 0 Å². The summed E-state index contributed by atoms with van der Waals surface area (Å²) in [6, 6.07) is 9.92. The minimum atomic E-state index is -0.477. The van der Waals surface area contributed by atoms with Crippen LogP contribution in [0.3, 0.4) is 0 Å². The minimum Gasteiger partial charge on any atom is -0.355 e. The quantitative estimate of drug-likeness (QED) is 0.804. The van der Waals surface area contributed by atoms with Crippen LogP contribution in [0.25, 0.3) is 0 Å². The molecule has 2 rings (SSSR count). The van der Waals surface area contributed by atoms with Crippen molar-refractivity contribution in [1.29, 1.82) is 0 Å². The van der Waals surface area contributed by atoms with Gasteiger partial charge in [-0.05, 0) is 12.5 Å². The molecule has 0 bridgehead atoms. The van der Waals surface area contributed by atoms with Crippen LogP contribution in [0.15, 0.2) is 30.3 Å². The van der Waals surface area contributed by atoms with Gasteiger partial charge in [0.1, 0.15) is 6.10 Å². The van der Waals surface area contributed by atoms with Crippen LogP contribution in [-0.4, -0.2) is 37.3 Å². The molecule has 4 nitrogen and oxygen atoms in total. The molecule has 0 unspecified atom stereocenters. The fourth-order valence-corrected chi connectivity index (χ4v) is 2.18. The number of ether oxygens (including phenoxy) is 2. The minimum absolute atomic E-state index is 0.0138. The average molecular weight is 249 g/mol. The number of amides is 1. The summed E-state index contributed by atoms with van der Waals surface area (Å²) in [4.78, 5) is 13.7. The molecule has 1 saturated heterocycles. The van der Waals surface area contributed by atoms with Crippen LogP contribution >= 0.6 is 0 Å². The van der Waals surface area contributed by atoms with Gasteiger partial charge in [-0.2, -0.15) is 0 Å². The molecule has 1 aromatic carbocycles. The van der Waals surface area contributed by atoms with Gasteiger partial charge >= 0.3 is 0 Å². The van der Waals surface area contributed by atoms with E-state index in [1.165, 1.54) is 0 Å². The van der Waals surface area contributed by atoms with Crippen LogP contribution in [0.1, 0.15) is 25.0 Å². The summed E-state index contributed by atoms with van der Waals surface area (Å²) in [6.07, 6.45) is -0.372. The van der Waals surface area contributed by atoms with Gasteiger partial charge in [0.05, 0.1) is 12.5 Å². The number of rotatable bonds is 2. The third kappa shape index (κ3) is 2.54. The monoisotopic (exact) mass is 249 g/mol. The Labute approximate surface area is 107 Å². The van der Waals surface area contributed by atoms with E-state index >= 15 is 0 Å². The molecule has 0 spiro atoms. The van der Waals surface area contributed by atoms with E-state index in [0.717, 1.165) is 5.56 Å². The number of carbonyl (C=O) groups excluding carboxylic acids is 1. The lowest BCUT2D eigenvalue weighted by Gasteiger charge is -2.29. The summed E-state index contributed by atoms with van der Waals surface area (Å²) >= 11 is 0. The van der Waals surface area contributed by atoms with Gasteiger partial charge in [0.2, 0.25) is 5.91 Å². The number of likely N-dealkylation sites (N-methyl/N-ethyl adjacent to an activating group) is 1. The first-order chi connectivity index (χ1) is 8.63. The largest absolute Gasteiger partial charge is 0.355 e. The topological polar surface area (TPSA) is 38.8 Å². The van der Waals surface area contributed by atoms with Gasteiger partial charge in [0.15, 0.2) is 6.29 Å². The van der Waals surface area contributed by atoms with Crippen molar-refractivity contribution < 1.29 is 14.3 Å². The van der Waals surface area contributed by atoms with Crippen molar-refractivity contribution in [3.63, 3.8) is 0 Å². The first-order valence-corrected chi connectivity index (χ1v) is 6.12. The molecule has 0 aromatic heterocycles. The molecule has 1 heterocycles. The van der Waals surface area contributed by atoms with Crippen molar-refractivity contribution >= 4 is 5.91 Å². The molecule has 1 fully saturated rings. The van der Waals surface area contributed by atoms with E-state index in [4.69, 9.17) is 9.47 Å². The van der Waals surface area contributed by atoms with E-state index in [0.29, 0.717) is 0 Å². The molecule has 1 aliphatic rings. The van der Waals surface area contributed by atoms with Gasteiger partial charge in [-0.25, -0.2) is 0 Å². The predicted molar refractivity (Wildman–Crippen MR) is 67.9 cm³/mol. The summed E-state index contributed by atoms with van der Waals surface area (Å²) in [5.41, 5.74) is 1.06. The number of nitrogens with zero attached hydrogens (tertiary/aromatic N) is 1. The lowest BCUT2D eigenvalue weighted by Crippen LogP contribution is -2.37. The smallest absolute Gasteiger partial charge is 0.227 e. The Morgan fingerprint density at radius 1 is 1.33 bits per heavy atom. The van der Waals surface area contributed by atoms with E-state index in [1.807, 2.05) is 44.3 Å². The fraction of sp³-hybridized carbons (Fsp3) is 0.500. The fourth-order valence-electron chi connectivity index (χ4n) is 2.18. The first kappa shape index (κ1) is 13.1. The zero-order chi connectivity index (χ0) is 13.1. The lowest BCUT2D eigenvalue weighted by atomic mass is 10.0. The zero-order valence-corrected chi connectivity index (χ0v) is 11.0. The Morgan fingerprint density at radius 3 is 2.61 bits per heavy atom. The maximum atomic E-state index is 11.9. The van der Waals surface area contributed by atoms with Crippen LogP contribution in [0.5, 0.6) is 0 Å². The maximum Gasteiger partial charge on any atom is 0.227 e. The highest BCUT2D eigenvalue weighted by atomic mass is 16.7. The highest BCUT2D eigenvalue weighted by Gasteiger charge is 2.34. The van der Waals surface area contributed by atoms with E-state index < -0.39 is 6.29 Å². The van der Waals surface area contributed by atoms with Crippen LogP contribution in [0.4, 0.5) is 0 Å². The molecule has 0 saturated carbocycles. The Kier molecular flexibility index (Phi) is 3.99. The molecule has 3 atom stereocenters. The molecule has 0 aliphatic carbocycles. The van der Waals surface area contributed by atoms with Gasteiger partial charge in [0, 0.05) is 14.2 Å². The van der Waals surface area contributed by atoms with Crippen molar-refractivity contribution in [2.45, 2.75) is 31.8 Å². The van der Waals surface area contributed by atoms with Crippen LogP contribution in [-0.2, 0) is 14.3 Å². The predicted octanol–water partition coefficient (Wildman–Crippen LogP) is 1.97. The highest BCUT2D eigenvalue weighted by Crippen LogP contribution is 2.30. The summed E-state index contributed by atoms with van der Waals surface area (Å²) < 4.78 is 11.1. The number of hydrogen-bond acceptors (Lipinski definition) is 3. The second-order valence-corrected chi connectivity index (χ2v) is 4.58. The molecule has 4 heteroatoms. The molecule has 1 aliphatic heterocycles. The van der Waals surface area contributed by atoms with Crippen LogP contribution in [0.2, 0.25) is 0 Å².